The van der Waals surface area contributed by atoms with E-state index in [-0.39, 0.29) is 5.43 Å². The van der Waals surface area contributed by atoms with Crippen molar-refractivity contribution in [3.63, 3.8) is 0 Å². The summed E-state index contributed by atoms with van der Waals surface area (Å²) in [6.07, 6.45) is 0. The van der Waals surface area contributed by atoms with Crippen molar-refractivity contribution in [2.75, 3.05) is 0 Å². The fourth-order valence-corrected chi connectivity index (χ4v) is 3.17. The summed E-state index contributed by atoms with van der Waals surface area (Å²) in [5.41, 5.74) is 2.82. The molecule has 0 spiro atoms. The molecule has 1 heterocycles. The molecule has 0 aliphatic rings. The lowest BCUT2D eigenvalue weighted by atomic mass is 10.1. The number of halogens is 2. The van der Waals surface area contributed by atoms with Gasteiger partial charge in [-0.15, -0.1) is 0 Å². The molecule has 0 N–H and O–H groups in total. The topological polar surface area (TPSA) is 22.0 Å². The molecule has 1 aromatic carbocycles. The molecule has 0 saturated heterocycles. The molecule has 2 rings (SSSR count). The second-order valence-corrected chi connectivity index (χ2v) is 5.40. The maximum Gasteiger partial charge on any atom is 0.210 e. The number of nitrogens with zero attached hydrogens (tertiary/aromatic N) is 1. The molecule has 0 amide bonds. The quantitative estimate of drug-likeness (QED) is 0.759. The summed E-state index contributed by atoms with van der Waals surface area (Å²) in [5, 5.41) is 0. The van der Waals surface area contributed by atoms with Crippen LogP contribution in [0.25, 0.3) is 11.3 Å². The van der Waals surface area contributed by atoms with Crippen LogP contribution in [0.1, 0.15) is 5.69 Å². The molecule has 0 atom stereocenters. The van der Waals surface area contributed by atoms with Crippen molar-refractivity contribution in [2.24, 2.45) is 7.05 Å². The van der Waals surface area contributed by atoms with Crippen molar-refractivity contribution < 1.29 is 0 Å². The van der Waals surface area contributed by atoms with Crippen LogP contribution in [-0.4, -0.2) is 4.57 Å². The summed E-state index contributed by atoms with van der Waals surface area (Å²) in [7, 11) is 1.95. The molecule has 4 heteroatoms. The maximum atomic E-state index is 12.0. The van der Waals surface area contributed by atoms with Crippen molar-refractivity contribution in [2.45, 2.75) is 6.92 Å². The smallest absolute Gasteiger partial charge is 0.210 e. The van der Waals surface area contributed by atoms with Gasteiger partial charge in [0.05, 0.1) is 14.6 Å². The highest BCUT2D eigenvalue weighted by atomic mass is 79.9. The Labute approximate surface area is 117 Å². The van der Waals surface area contributed by atoms with E-state index in [0.29, 0.717) is 8.95 Å². The Hall–Kier alpha value is -0.870. The Bertz CT molecular complexity index is 618. The first-order valence-corrected chi connectivity index (χ1v) is 6.72. The average molecular weight is 357 g/mol. The molecule has 0 aliphatic heterocycles. The van der Waals surface area contributed by atoms with Crippen LogP contribution < -0.4 is 5.43 Å². The fraction of sp³-hybridized carbons (Fsp3) is 0.154. The van der Waals surface area contributed by atoms with Crippen LogP contribution in [0.4, 0.5) is 0 Å². The van der Waals surface area contributed by atoms with E-state index in [4.69, 9.17) is 0 Å². The summed E-state index contributed by atoms with van der Waals surface area (Å²) < 4.78 is 3.19. The fourth-order valence-electron chi connectivity index (χ4n) is 1.75. The molecule has 0 fully saturated rings. The molecule has 2 nitrogen and oxygen atoms in total. The largest absolute Gasteiger partial charge is 0.346 e. The van der Waals surface area contributed by atoms with Gasteiger partial charge in [0.2, 0.25) is 5.43 Å². The Morgan fingerprint density at radius 3 is 2.24 bits per heavy atom. The van der Waals surface area contributed by atoms with Gasteiger partial charge in [-0.1, -0.05) is 30.3 Å². The minimum atomic E-state index is -0.0144. The second-order valence-electron chi connectivity index (χ2n) is 3.82. The van der Waals surface area contributed by atoms with E-state index in [1.54, 1.807) is 0 Å². The highest BCUT2D eigenvalue weighted by Crippen LogP contribution is 2.28. The number of rotatable bonds is 1. The average Bonchev–Trinajstić information content (AvgIpc) is 2.36. The predicted molar refractivity (Wildman–Crippen MR) is 77.3 cm³/mol. The van der Waals surface area contributed by atoms with Crippen LogP contribution in [0.15, 0.2) is 44.1 Å². The molecule has 0 bridgehead atoms. The van der Waals surface area contributed by atoms with E-state index >= 15 is 0 Å². The monoisotopic (exact) mass is 355 g/mol. The molecule has 0 saturated carbocycles. The van der Waals surface area contributed by atoms with Gasteiger partial charge >= 0.3 is 0 Å². The van der Waals surface area contributed by atoms with E-state index in [0.717, 1.165) is 17.0 Å². The van der Waals surface area contributed by atoms with E-state index in [1.165, 1.54) is 0 Å². The molecular weight excluding hydrogens is 346 g/mol. The van der Waals surface area contributed by atoms with Gasteiger partial charge in [-0.25, -0.2) is 0 Å². The minimum Gasteiger partial charge on any atom is -0.346 e. The Kier molecular flexibility index (Phi) is 3.54. The van der Waals surface area contributed by atoms with E-state index in [9.17, 15) is 4.79 Å². The summed E-state index contributed by atoms with van der Waals surface area (Å²) in [4.78, 5) is 12.0. The van der Waals surface area contributed by atoms with Crippen molar-refractivity contribution in [1.82, 2.24) is 4.57 Å². The Morgan fingerprint density at radius 2 is 1.65 bits per heavy atom. The van der Waals surface area contributed by atoms with Crippen LogP contribution in [0, 0.1) is 6.92 Å². The minimum absolute atomic E-state index is 0.0144. The SMILES string of the molecule is Cc1c(Br)c(=O)c(Br)c(-c2ccccc2)n1C. The number of pyridine rings is 1. The van der Waals surface area contributed by atoms with Crippen LogP contribution in [-0.2, 0) is 7.05 Å². The zero-order valence-electron chi connectivity index (χ0n) is 9.50. The van der Waals surface area contributed by atoms with Crippen LogP contribution >= 0.6 is 31.9 Å². The van der Waals surface area contributed by atoms with Gasteiger partial charge in [-0.2, -0.15) is 0 Å². The molecule has 17 heavy (non-hydrogen) atoms. The Morgan fingerprint density at radius 1 is 1.06 bits per heavy atom. The van der Waals surface area contributed by atoms with Crippen LogP contribution in [0.3, 0.4) is 0 Å². The van der Waals surface area contributed by atoms with Gasteiger partial charge in [0, 0.05) is 12.7 Å². The summed E-state index contributed by atoms with van der Waals surface area (Å²) in [5.74, 6) is 0. The standard InChI is InChI=1S/C13H11Br2NO/c1-8-10(14)13(17)11(15)12(16(8)2)9-6-4-3-5-7-9/h3-7H,1-2H3. The lowest BCUT2D eigenvalue weighted by Crippen LogP contribution is -2.14. The number of benzene rings is 1. The number of hydrogen-bond acceptors (Lipinski definition) is 1. The first-order valence-electron chi connectivity index (χ1n) is 5.14. The van der Waals surface area contributed by atoms with Gasteiger partial charge in [0.25, 0.3) is 0 Å². The van der Waals surface area contributed by atoms with Crippen LogP contribution in [0.5, 0.6) is 0 Å². The van der Waals surface area contributed by atoms with Gasteiger partial charge in [0.15, 0.2) is 0 Å². The van der Waals surface area contributed by atoms with E-state index in [1.807, 2.05) is 48.9 Å². The number of aromatic nitrogens is 1. The van der Waals surface area contributed by atoms with Crippen molar-refractivity contribution in [3.05, 3.63) is 55.2 Å². The number of hydrogen-bond donors (Lipinski definition) is 0. The third-order valence-electron chi connectivity index (χ3n) is 2.81. The van der Waals surface area contributed by atoms with Crippen LogP contribution in [0.2, 0.25) is 0 Å². The van der Waals surface area contributed by atoms with Crippen molar-refractivity contribution in [3.8, 4) is 11.3 Å². The third kappa shape index (κ3) is 2.11. The third-order valence-corrected chi connectivity index (χ3v) is 4.48. The molecule has 88 valence electrons. The first-order chi connectivity index (χ1) is 8.04. The zero-order valence-corrected chi connectivity index (χ0v) is 12.7. The predicted octanol–water partition coefficient (Wildman–Crippen LogP) is 3.89. The molecule has 0 radical (unpaired) electrons. The van der Waals surface area contributed by atoms with Gasteiger partial charge < -0.3 is 4.57 Å². The first kappa shape index (κ1) is 12.6. The molecule has 0 unspecified atom stereocenters. The van der Waals surface area contributed by atoms with E-state index in [2.05, 4.69) is 31.9 Å². The van der Waals surface area contributed by atoms with Gasteiger partial charge in [-0.05, 0) is 44.3 Å². The van der Waals surface area contributed by atoms with Gasteiger partial charge in [-0.3, -0.25) is 4.79 Å². The lowest BCUT2D eigenvalue weighted by molar-refractivity contribution is 0.850. The molecule has 0 aliphatic carbocycles. The second kappa shape index (κ2) is 4.78. The van der Waals surface area contributed by atoms with E-state index < -0.39 is 0 Å². The lowest BCUT2D eigenvalue weighted by Gasteiger charge is -2.15. The normalized spacial score (nSPS) is 10.6. The molecule has 1 aromatic heterocycles. The molecular formula is C13H11Br2NO. The summed E-state index contributed by atoms with van der Waals surface area (Å²) >= 11 is 6.71. The highest BCUT2D eigenvalue weighted by Gasteiger charge is 2.15. The summed E-state index contributed by atoms with van der Waals surface area (Å²) in [6, 6.07) is 9.87. The van der Waals surface area contributed by atoms with Crippen molar-refractivity contribution >= 4 is 31.9 Å². The highest BCUT2D eigenvalue weighted by molar-refractivity contribution is 9.11. The Balaban J connectivity index is 2.85. The van der Waals surface area contributed by atoms with Crippen molar-refractivity contribution in [1.29, 1.82) is 0 Å². The maximum absolute atomic E-state index is 12.0. The summed E-state index contributed by atoms with van der Waals surface area (Å²) in [6.45, 7) is 1.92. The zero-order chi connectivity index (χ0) is 12.6. The molecule has 2 aromatic rings. The van der Waals surface area contributed by atoms with Gasteiger partial charge in [0.1, 0.15) is 0 Å².